The molecule has 0 saturated heterocycles. The number of hydrogen-bond donors (Lipinski definition) is 0. The topological polar surface area (TPSA) is 40.6 Å². The number of halogens is 1. The largest absolute Gasteiger partial charge is 0.282 e. The van der Waals surface area contributed by atoms with Crippen LogP contribution in [0.25, 0.3) is 0 Å². The molecule has 1 saturated carbocycles. The van der Waals surface area contributed by atoms with Crippen LogP contribution >= 0.6 is 11.6 Å². The first-order valence-electron chi connectivity index (χ1n) is 7.35. The number of benzene rings is 1. The van der Waals surface area contributed by atoms with E-state index >= 15 is 0 Å². The molecule has 21 heavy (non-hydrogen) atoms. The standard InChI is InChI=1S/C15H23ClN2O2S/c1-17(12-13-7-6-8-14(16)11-13)21(19,20)18(2)15-9-4-3-5-10-15/h6-8,11,15H,3-5,9-10,12H2,1-2H3. The lowest BCUT2D eigenvalue weighted by Gasteiger charge is -2.33. The Morgan fingerprint density at radius 1 is 1.19 bits per heavy atom. The van der Waals surface area contributed by atoms with Crippen molar-refractivity contribution in [3.8, 4) is 0 Å². The Morgan fingerprint density at radius 2 is 1.86 bits per heavy atom. The molecule has 1 fully saturated rings. The first-order chi connectivity index (χ1) is 9.91. The van der Waals surface area contributed by atoms with Gasteiger partial charge in [-0.1, -0.05) is 43.0 Å². The minimum absolute atomic E-state index is 0.130. The summed E-state index contributed by atoms with van der Waals surface area (Å²) in [6, 6.07) is 7.44. The first kappa shape index (κ1) is 16.7. The van der Waals surface area contributed by atoms with Gasteiger partial charge in [-0.25, -0.2) is 0 Å². The quantitative estimate of drug-likeness (QED) is 0.831. The van der Waals surface area contributed by atoms with Crippen molar-refractivity contribution >= 4 is 21.8 Å². The molecular formula is C15H23ClN2O2S. The predicted molar refractivity (Wildman–Crippen MR) is 86.5 cm³/mol. The van der Waals surface area contributed by atoms with Gasteiger partial charge in [0.05, 0.1) is 0 Å². The Labute approximate surface area is 132 Å². The Balaban J connectivity index is 2.07. The van der Waals surface area contributed by atoms with Gasteiger partial charge in [0.1, 0.15) is 0 Å². The van der Waals surface area contributed by atoms with Crippen LogP contribution in [0.4, 0.5) is 0 Å². The maximum Gasteiger partial charge on any atom is 0.282 e. The lowest BCUT2D eigenvalue weighted by molar-refractivity contribution is 0.268. The number of nitrogens with zero attached hydrogens (tertiary/aromatic N) is 2. The van der Waals surface area contributed by atoms with E-state index in [2.05, 4.69) is 0 Å². The molecule has 0 N–H and O–H groups in total. The van der Waals surface area contributed by atoms with Crippen LogP contribution in [0.5, 0.6) is 0 Å². The SMILES string of the molecule is CN(Cc1cccc(Cl)c1)S(=O)(=O)N(C)C1CCCCC1. The smallest absolute Gasteiger partial charge is 0.195 e. The average Bonchev–Trinajstić information content (AvgIpc) is 2.47. The Bertz CT molecular complexity index is 571. The van der Waals surface area contributed by atoms with Crippen LogP contribution in [-0.2, 0) is 16.8 Å². The van der Waals surface area contributed by atoms with E-state index in [1.165, 1.54) is 15.0 Å². The molecule has 0 spiro atoms. The van der Waals surface area contributed by atoms with E-state index in [1.807, 2.05) is 12.1 Å². The minimum Gasteiger partial charge on any atom is -0.195 e. The van der Waals surface area contributed by atoms with Gasteiger partial charge in [0.2, 0.25) is 0 Å². The zero-order valence-electron chi connectivity index (χ0n) is 12.6. The van der Waals surface area contributed by atoms with Gasteiger partial charge < -0.3 is 0 Å². The summed E-state index contributed by atoms with van der Waals surface area (Å²) in [6.45, 7) is 0.333. The maximum atomic E-state index is 12.6. The van der Waals surface area contributed by atoms with E-state index in [0.29, 0.717) is 11.6 Å². The lowest BCUT2D eigenvalue weighted by atomic mass is 9.96. The monoisotopic (exact) mass is 330 g/mol. The van der Waals surface area contributed by atoms with Gasteiger partial charge in [-0.3, -0.25) is 0 Å². The fraction of sp³-hybridized carbons (Fsp3) is 0.600. The highest BCUT2D eigenvalue weighted by atomic mass is 35.5. The fourth-order valence-corrected chi connectivity index (χ4v) is 4.38. The second kappa shape index (κ2) is 7.09. The Hall–Kier alpha value is -0.620. The molecule has 6 heteroatoms. The van der Waals surface area contributed by atoms with Crippen molar-refractivity contribution < 1.29 is 8.42 Å². The van der Waals surface area contributed by atoms with Crippen molar-refractivity contribution in [3.63, 3.8) is 0 Å². The van der Waals surface area contributed by atoms with E-state index in [0.717, 1.165) is 31.2 Å². The normalized spacial score (nSPS) is 17.6. The zero-order chi connectivity index (χ0) is 15.5. The molecule has 1 aliphatic rings. The summed E-state index contributed by atoms with van der Waals surface area (Å²) in [5.74, 6) is 0. The van der Waals surface area contributed by atoms with E-state index in [-0.39, 0.29) is 6.04 Å². The molecule has 1 aromatic carbocycles. The molecule has 0 radical (unpaired) electrons. The van der Waals surface area contributed by atoms with E-state index in [1.54, 1.807) is 26.2 Å². The molecule has 118 valence electrons. The van der Waals surface area contributed by atoms with Crippen molar-refractivity contribution in [1.29, 1.82) is 0 Å². The third-order valence-electron chi connectivity index (χ3n) is 4.14. The third kappa shape index (κ3) is 4.19. The van der Waals surface area contributed by atoms with Crippen molar-refractivity contribution in [3.05, 3.63) is 34.9 Å². The molecule has 0 aliphatic heterocycles. The molecule has 0 unspecified atom stereocenters. The number of rotatable bonds is 5. The van der Waals surface area contributed by atoms with E-state index < -0.39 is 10.2 Å². The first-order valence-corrected chi connectivity index (χ1v) is 9.12. The molecular weight excluding hydrogens is 308 g/mol. The van der Waals surface area contributed by atoms with Crippen LogP contribution < -0.4 is 0 Å². The summed E-state index contributed by atoms with van der Waals surface area (Å²) in [7, 11) is -0.111. The van der Waals surface area contributed by atoms with E-state index in [9.17, 15) is 8.42 Å². The Kier molecular flexibility index (Phi) is 5.66. The van der Waals surface area contributed by atoms with Crippen molar-refractivity contribution in [2.75, 3.05) is 14.1 Å². The molecule has 0 atom stereocenters. The van der Waals surface area contributed by atoms with Gasteiger partial charge in [0.15, 0.2) is 0 Å². The zero-order valence-corrected chi connectivity index (χ0v) is 14.2. The second-order valence-electron chi connectivity index (χ2n) is 5.70. The van der Waals surface area contributed by atoms with Crippen LogP contribution in [0.1, 0.15) is 37.7 Å². The predicted octanol–water partition coefficient (Wildman–Crippen LogP) is 3.28. The molecule has 0 heterocycles. The van der Waals surface area contributed by atoms with Crippen molar-refractivity contribution in [2.45, 2.75) is 44.7 Å². The van der Waals surface area contributed by atoms with Gasteiger partial charge in [-0.15, -0.1) is 0 Å². The van der Waals surface area contributed by atoms with Gasteiger partial charge >= 0.3 is 0 Å². The molecule has 4 nitrogen and oxygen atoms in total. The molecule has 0 amide bonds. The summed E-state index contributed by atoms with van der Waals surface area (Å²) in [5, 5.41) is 0.624. The molecule has 0 bridgehead atoms. The summed E-state index contributed by atoms with van der Waals surface area (Å²) in [6.07, 6.45) is 5.36. The maximum absolute atomic E-state index is 12.6. The highest BCUT2D eigenvalue weighted by molar-refractivity contribution is 7.86. The summed E-state index contributed by atoms with van der Waals surface area (Å²) < 4.78 is 28.2. The van der Waals surface area contributed by atoms with Crippen LogP contribution in [-0.4, -0.2) is 37.2 Å². The van der Waals surface area contributed by atoms with Gasteiger partial charge in [-0.05, 0) is 30.5 Å². The second-order valence-corrected chi connectivity index (χ2v) is 8.23. The summed E-state index contributed by atoms with van der Waals surface area (Å²) in [4.78, 5) is 0. The van der Waals surface area contributed by atoms with Gasteiger partial charge in [0.25, 0.3) is 10.2 Å². The number of hydrogen-bond acceptors (Lipinski definition) is 2. The van der Waals surface area contributed by atoms with Gasteiger partial charge in [-0.2, -0.15) is 17.0 Å². The van der Waals surface area contributed by atoms with Crippen molar-refractivity contribution in [1.82, 2.24) is 8.61 Å². The average molecular weight is 331 g/mol. The lowest BCUT2D eigenvalue weighted by Crippen LogP contribution is -2.45. The van der Waals surface area contributed by atoms with Crippen molar-refractivity contribution in [2.24, 2.45) is 0 Å². The third-order valence-corrected chi connectivity index (χ3v) is 6.32. The molecule has 1 aliphatic carbocycles. The van der Waals surface area contributed by atoms with Gasteiger partial charge in [0, 0.05) is 31.7 Å². The molecule has 0 aromatic heterocycles. The highest BCUT2D eigenvalue weighted by Gasteiger charge is 2.30. The van der Waals surface area contributed by atoms with E-state index in [4.69, 9.17) is 11.6 Å². The fourth-order valence-electron chi connectivity index (χ4n) is 2.83. The van der Waals surface area contributed by atoms with Crippen LogP contribution in [0.2, 0.25) is 5.02 Å². The Morgan fingerprint density at radius 3 is 2.48 bits per heavy atom. The molecule has 2 rings (SSSR count). The summed E-state index contributed by atoms with van der Waals surface area (Å²) >= 11 is 5.95. The highest BCUT2D eigenvalue weighted by Crippen LogP contribution is 2.25. The summed E-state index contributed by atoms with van der Waals surface area (Å²) in [5.41, 5.74) is 0.894. The minimum atomic E-state index is -3.43. The van der Waals surface area contributed by atoms with Crippen LogP contribution in [0.15, 0.2) is 24.3 Å². The molecule has 1 aromatic rings. The van der Waals surface area contributed by atoms with Crippen LogP contribution in [0.3, 0.4) is 0 Å². The van der Waals surface area contributed by atoms with Crippen LogP contribution in [0, 0.1) is 0 Å².